The van der Waals surface area contributed by atoms with Crippen LogP contribution in [-0.4, -0.2) is 35.0 Å². The Morgan fingerprint density at radius 3 is 2.74 bits per heavy atom. The number of anilines is 2. The molecular formula is C13H19N5O. The van der Waals surface area contributed by atoms with E-state index in [4.69, 9.17) is 10.5 Å². The zero-order valence-corrected chi connectivity index (χ0v) is 11.3. The number of hydrogen-bond donors (Lipinski definition) is 2. The first-order valence-corrected chi connectivity index (χ1v) is 6.17. The van der Waals surface area contributed by atoms with Gasteiger partial charge >= 0.3 is 0 Å². The minimum atomic E-state index is 0.403. The number of aryl methyl sites for hydroxylation is 1. The van der Waals surface area contributed by atoms with E-state index in [0.717, 1.165) is 5.56 Å². The minimum absolute atomic E-state index is 0.403. The van der Waals surface area contributed by atoms with E-state index in [0.29, 0.717) is 31.6 Å². The second kappa shape index (κ2) is 6.19. The van der Waals surface area contributed by atoms with Crippen LogP contribution in [0.4, 0.5) is 11.9 Å². The van der Waals surface area contributed by atoms with E-state index in [1.165, 1.54) is 5.56 Å². The quantitative estimate of drug-likeness (QED) is 0.766. The molecule has 0 saturated carbocycles. The highest BCUT2D eigenvalue weighted by Gasteiger charge is 2.06. The molecule has 1 heterocycles. The van der Waals surface area contributed by atoms with Crippen molar-refractivity contribution >= 4 is 11.9 Å². The van der Waals surface area contributed by atoms with E-state index < -0.39 is 0 Å². The zero-order valence-electron chi connectivity index (χ0n) is 11.3. The number of rotatable bonds is 6. The molecule has 0 aliphatic rings. The van der Waals surface area contributed by atoms with Gasteiger partial charge in [0, 0.05) is 13.7 Å². The number of aromatic nitrogens is 3. The van der Waals surface area contributed by atoms with E-state index in [2.05, 4.69) is 46.6 Å². The summed E-state index contributed by atoms with van der Waals surface area (Å²) < 4.78 is 6.63. The number of hydrogen-bond acceptors (Lipinski definition) is 5. The number of benzene rings is 1. The maximum atomic E-state index is 5.84. The number of ether oxygens (including phenoxy) is 1. The Balaban J connectivity index is 2.02. The van der Waals surface area contributed by atoms with E-state index in [1.54, 1.807) is 11.8 Å². The van der Waals surface area contributed by atoms with Crippen LogP contribution in [0.25, 0.3) is 0 Å². The molecule has 0 bridgehead atoms. The highest BCUT2D eigenvalue weighted by atomic mass is 16.5. The summed E-state index contributed by atoms with van der Waals surface area (Å²) in [5.74, 6) is 0.933. The van der Waals surface area contributed by atoms with Gasteiger partial charge in [0.05, 0.1) is 13.2 Å². The van der Waals surface area contributed by atoms with Gasteiger partial charge in [-0.05, 0) is 12.5 Å². The van der Waals surface area contributed by atoms with Crippen molar-refractivity contribution in [3.8, 4) is 0 Å². The molecule has 102 valence electrons. The van der Waals surface area contributed by atoms with E-state index in [-0.39, 0.29) is 0 Å². The first-order chi connectivity index (χ1) is 9.19. The Kier molecular flexibility index (Phi) is 4.35. The van der Waals surface area contributed by atoms with Gasteiger partial charge in [0.1, 0.15) is 0 Å². The van der Waals surface area contributed by atoms with E-state index in [1.807, 2.05) is 0 Å². The molecule has 6 nitrogen and oxygen atoms in total. The third-order valence-corrected chi connectivity index (χ3v) is 2.74. The molecule has 1 aromatic carbocycles. The third-order valence-electron chi connectivity index (χ3n) is 2.74. The molecule has 1 aromatic heterocycles. The van der Waals surface area contributed by atoms with Crippen LogP contribution in [0.5, 0.6) is 0 Å². The summed E-state index contributed by atoms with van der Waals surface area (Å²) in [5.41, 5.74) is 8.22. The molecule has 0 atom stereocenters. The Morgan fingerprint density at radius 2 is 2.05 bits per heavy atom. The first-order valence-electron chi connectivity index (χ1n) is 6.17. The van der Waals surface area contributed by atoms with Crippen molar-refractivity contribution < 1.29 is 4.74 Å². The zero-order chi connectivity index (χ0) is 13.7. The van der Waals surface area contributed by atoms with Crippen LogP contribution in [0, 0.1) is 6.92 Å². The topological polar surface area (TPSA) is 78.0 Å². The molecule has 3 N–H and O–H groups in total. The summed E-state index contributed by atoms with van der Waals surface area (Å²) in [4.78, 5) is 4.16. The van der Waals surface area contributed by atoms with Gasteiger partial charge in [0.2, 0.25) is 11.9 Å². The van der Waals surface area contributed by atoms with Gasteiger partial charge < -0.3 is 15.8 Å². The van der Waals surface area contributed by atoms with Crippen LogP contribution >= 0.6 is 0 Å². The fourth-order valence-corrected chi connectivity index (χ4v) is 1.68. The second-order valence-electron chi connectivity index (χ2n) is 4.36. The molecule has 0 saturated heterocycles. The van der Waals surface area contributed by atoms with Crippen molar-refractivity contribution in [3.63, 3.8) is 0 Å². The molecule has 19 heavy (non-hydrogen) atoms. The van der Waals surface area contributed by atoms with Crippen LogP contribution in [-0.2, 0) is 11.3 Å². The lowest BCUT2D eigenvalue weighted by Crippen LogP contribution is -2.09. The predicted molar refractivity (Wildman–Crippen MR) is 75.1 cm³/mol. The van der Waals surface area contributed by atoms with Crippen LogP contribution in [0.3, 0.4) is 0 Å². The molecule has 0 unspecified atom stereocenters. The maximum Gasteiger partial charge on any atom is 0.244 e. The SMILES string of the molecule is COCCNc1nc(N)n(Cc2ccc(C)cc2)n1. The van der Waals surface area contributed by atoms with Gasteiger partial charge in [-0.3, -0.25) is 0 Å². The molecule has 0 aliphatic heterocycles. The summed E-state index contributed by atoms with van der Waals surface area (Å²) in [6.07, 6.45) is 0. The first kappa shape index (κ1) is 13.4. The molecule has 0 radical (unpaired) electrons. The third kappa shape index (κ3) is 3.69. The summed E-state index contributed by atoms with van der Waals surface area (Å²) in [5, 5.41) is 7.37. The highest BCUT2D eigenvalue weighted by molar-refractivity contribution is 5.32. The second-order valence-corrected chi connectivity index (χ2v) is 4.36. The van der Waals surface area contributed by atoms with Gasteiger partial charge in [0.25, 0.3) is 0 Å². The largest absolute Gasteiger partial charge is 0.383 e. The van der Waals surface area contributed by atoms with Gasteiger partial charge in [-0.1, -0.05) is 29.8 Å². The Labute approximate surface area is 112 Å². The molecule has 2 rings (SSSR count). The van der Waals surface area contributed by atoms with Crippen molar-refractivity contribution in [1.82, 2.24) is 14.8 Å². The average Bonchev–Trinajstić information content (AvgIpc) is 2.73. The van der Waals surface area contributed by atoms with Crippen LogP contribution in [0.15, 0.2) is 24.3 Å². The number of nitrogen functional groups attached to an aromatic ring is 1. The van der Waals surface area contributed by atoms with Crippen LogP contribution in [0.2, 0.25) is 0 Å². The normalized spacial score (nSPS) is 10.6. The predicted octanol–water partition coefficient (Wildman–Crippen LogP) is 1.28. The molecular weight excluding hydrogens is 242 g/mol. The Morgan fingerprint density at radius 1 is 1.32 bits per heavy atom. The molecule has 0 amide bonds. The van der Waals surface area contributed by atoms with Crippen LogP contribution in [0.1, 0.15) is 11.1 Å². The summed E-state index contributed by atoms with van der Waals surface area (Å²) >= 11 is 0. The number of nitrogens with zero attached hydrogens (tertiary/aromatic N) is 3. The van der Waals surface area contributed by atoms with Gasteiger partial charge in [-0.25, -0.2) is 4.68 Å². The summed E-state index contributed by atoms with van der Waals surface area (Å²) in [7, 11) is 1.65. The monoisotopic (exact) mass is 261 g/mol. The number of methoxy groups -OCH3 is 1. The Hall–Kier alpha value is -2.08. The number of nitrogens with one attached hydrogen (secondary N) is 1. The lowest BCUT2D eigenvalue weighted by Gasteiger charge is -2.03. The van der Waals surface area contributed by atoms with Crippen molar-refractivity contribution in [2.45, 2.75) is 13.5 Å². The van der Waals surface area contributed by atoms with E-state index >= 15 is 0 Å². The lowest BCUT2D eigenvalue weighted by atomic mass is 10.1. The standard InChI is InChI=1S/C13H19N5O/c1-10-3-5-11(6-4-10)9-18-12(14)16-13(17-18)15-7-8-19-2/h3-6H,7-9H2,1-2H3,(H3,14,15,16,17). The summed E-state index contributed by atoms with van der Waals surface area (Å²) in [6, 6.07) is 8.27. The van der Waals surface area contributed by atoms with Gasteiger partial charge in [0.15, 0.2) is 0 Å². The minimum Gasteiger partial charge on any atom is -0.383 e. The van der Waals surface area contributed by atoms with Crippen molar-refractivity contribution in [1.29, 1.82) is 0 Å². The van der Waals surface area contributed by atoms with Crippen molar-refractivity contribution in [2.24, 2.45) is 0 Å². The number of nitrogens with two attached hydrogens (primary N) is 1. The van der Waals surface area contributed by atoms with Gasteiger partial charge in [-0.2, -0.15) is 4.98 Å². The van der Waals surface area contributed by atoms with Gasteiger partial charge in [-0.15, -0.1) is 5.10 Å². The highest BCUT2D eigenvalue weighted by Crippen LogP contribution is 2.10. The molecule has 0 fully saturated rings. The smallest absolute Gasteiger partial charge is 0.244 e. The van der Waals surface area contributed by atoms with Crippen molar-refractivity contribution in [2.75, 3.05) is 31.3 Å². The summed E-state index contributed by atoms with van der Waals surface area (Å²) in [6.45, 7) is 3.94. The molecule has 0 spiro atoms. The van der Waals surface area contributed by atoms with E-state index in [9.17, 15) is 0 Å². The Bertz CT molecular complexity index is 520. The molecule has 6 heteroatoms. The van der Waals surface area contributed by atoms with Crippen LogP contribution < -0.4 is 11.1 Å². The fourth-order valence-electron chi connectivity index (χ4n) is 1.68. The molecule has 2 aromatic rings. The van der Waals surface area contributed by atoms with Crippen molar-refractivity contribution in [3.05, 3.63) is 35.4 Å². The maximum absolute atomic E-state index is 5.84. The fraction of sp³-hybridized carbons (Fsp3) is 0.385. The lowest BCUT2D eigenvalue weighted by molar-refractivity contribution is 0.210. The molecule has 0 aliphatic carbocycles. The average molecular weight is 261 g/mol.